The Balaban J connectivity index is 2.63. The minimum Gasteiger partial charge on any atom is -0.261 e. The molecular formula is C13H7Cl2FN2. The van der Waals surface area contributed by atoms with Gasteiger partial charge in [0.05, 0.1) is 18.7 Å². The summed E-state index contributed by atoms with van der Waals surface area (Å²) in [5, 5.41) is 9.63. The van der Waals surface area contributed by atoms with Crippen molar-refractivity contribution in [3.63, 3.8) is 0 Å². The SMILES string of the molecule is N#CCc1c(F)cncc1-c1cc(Cl)cc(Cl)c1. The minimum atomic E-state index is -0.509. The van der Waals surface area contributed by atoms with E-state index in [1.807, 2.05) is 6.07 Å². The van der Waals surface area contributed by atoms with Crippen molar-refractivity contribution in [2.75, 3.05) is 0 Å². The van der Waals surface area contributed by atoms with E-state index < -0.39 is 5.82 Å². The number of benzene rings is 1. The standard InChI is InChI=1S/C13H7Cl2FN2/c14-9-3-8(4-10(15)5-9)12-6-18-7-13(16)11(12)1-2-17/h3-7H,1H2. The van der Waals surface area contributed by atoms with Crippen molar-refractivity contribution < 1.29 is 4.39 Å². The lowest BCUT2D eigenvalue weighted by molar-refractivity contribution is 0.609. The molecule has 1 aromatic heterocycles. The van der Waals surface area contributed by atoms with E-state index in [9.17, 15) is 4.39 Å². The largest absolute Gasteiger partial charge is 0.261 e. The molecule has 18 heavy (non-hydrogen) atoms. The summed E-state index contributed by atoms with van der Waals surface area (Å²) in [4.78, 5) is 3.79. The molecule has 1 aromatic carbocycles. The summed E-state index contributed by atoms with van der Waals surface area (Å²) in [7, 11) is 0. The number of nitriles is 1. The second-order valence-electron chi connectivity index (χ2n) is 3.64. The van der Waals surface area contributed by atoms with Crippen LogP contribution in [0, 0.1) is 17.1 Å². The molecular weight excluding hydrogens is 274 g/mol. The lowest BCUT2D eigenvalue weighted by Gasteiger charge is -2.08. The highest BCUT2D eigenvalue weighted by molar-refractivity contribution is 6.35. The number of halogens is 3. The van der Waals surface area contributed by atoms with Gasteiger partial charge in [-0.2, -0.15) is 5.26 Å². The normalized spacial score (nSPS) is 10.1. The van der Waals surface area contributed by atoms with E-state index in [1.165, 1.54) is 6.20 Å². The number of aromatic nitrogens is 1. The smallest absolute Gasteiger partial charge is 0.146 e. The Bertz CT molecular complexity index is 615. The van der Waals surface area contributed by atoms with Gasteiger partial charge >= 0.3 is 0 Å². The van der Waals surface area contributed by atoms with Crippen LogP contribution in [0.5, 0.6) is 0 Å². The number of hydrogen-bond donors (Lipinski definition) is 0. The zero-order valence-electron chi connectivity index (χ0n) is 9.12. The molecule has 0 saturated carbocycles. The average Bonchev–Trinajstić information content (AvgIpc) is 2.30. The molecule has 0 bridgehead atoms. The highest BCUT2D eigenvalue weighted by Gasteiger charge is 2.11. The average molecular weight is 281 g/mol. The summed E-state index contributed by atoms with van der Waals surface area (Å²) in [5.74, 6) is -0.509. The first-order chi connectivity index (χ1) is 8.61. The van der Waals surface area contributed by atoms with E-state index in [0.717, 1.165) is 6.20 Å². The highest BCUT2D eigenvalue weighted by atomic mass is 35.5. The van der Waals surface area contributed by atoms with Gasteiger partial charge in [-0.3, -0.25) is 4.98 Å². The van der Waals surface area contributed by atoms with Crippen LogP contribution in [0.25, 0.3) is 11.1 Å². The Kier molecular flexibility index (Phi) is 3.81. The first-order valence-corrected chi connectivity index (χ1v) is 5.83. The molecule has 0 radical (unpaired) electrons. The summed E-state index contributed by atoms with van der Waals surface area (Å²) in [5.41, 5.74) is 1.47. The molecule has 0 aliphatic heterocycles. The molecule has 0 unspecified atom stereocenters. The maximum atomic E-state index is 13.6. The van der Waals surface area contributed by atoms with Crippen molar-refractivity contribution in [1.82, 2.24) is 4.98 Å². The van der Waals surface area contributed by atoms with Crippen molar-refractivity contribution in [2.45, 2.75) is 6.42 Å². The second kappa shape index (κ2) is 5.34. The van der Waals surface area contributed by atoms with Crippen LogP contribution < -0.4 is 0 Å². The van der Waals surface area contributed by atoms with E-state index in [0.29, 0.717) is 26.7 Å². The molecule has 90 valence electrons. The molecule has 0 amide bonds. The molecule has 5 heteroatoms. The third-order valence-corrected chi connectivity index (χ3v) is 2.87. The number of rotatable bonds is 2. The number of hydrogen-bond acceptors (Lipinski definition) is 2. The lowest BCUT2D eigenvalue weighted by Crippen LogP contribution is -1.95. The predicted octanol–water partition coefficient (Wildman–Crippen LogP) is 4.26. The molecule has 0 saturated heterocycles. The van der Waals surface area contributed by atoms with Crippen LogP contribution in [0.15, 0.2) is 30.6 Å². The Hall–Kier alpha value is -1.63. The molecule has 0 spiro atoms. The van der Waals surface area contributed by atoms with Crippen molar-refractivity contribution in [3.05, 3.63) is 52.0 Å². The van der Waals surface area contributed by atoms with E-state index in [-0.39, 0.29) is 6.42 Å². The first kappa shape index (κ1) is 12.8. The van der Waals surface area contributed by atoms with Gasteiger partial charge < -0.3 is 0 Å². The summed E-state index contributed by atoms with van der Waals surface area (Å²) >= 11 is 11.8. The Morgan fingerprint density at radius 1 is 1.17 bits per heavy atom. The lowest BCUT2D eigenvalue weighted by atomic mass is 10.00. The highest BCUT2D eigenvalue weighted by Crippen LogP contribution is 2.30. The Labute approximate surface area is 114 Å². The molecule has 0 fully saturated rings. The zero-order valence-corrected chi connectivity index (χ0v) is 10.6. The number of nitrogens with zero attached hydrogens (tertiary/aromatic N) is 2. The van der Waals surface area contributed by atoms with E-state index >= 15 is 0 Å². The maximum Gasteiger partial charge on any atom is 0.146 e. The van der Waals surface area contributed by atoms with Crippen molar-refractivity contribution in [3.8, 4) is 17.2 Å². The molecule has 2 nitrogen and oxygen atoms in total. The van der Waals surface area contributed by atoms with Crippen LogP contribution in [0.3, 0.4) is 0 Å². The van der Waals surface area contributed by atoms with Gasteiger partial charge in [0.25, 0.3) is 0 Å². The van der Waals surface area contributed by atoms with Gasteiger partial charge in [0, 0.05) is 27.4 Å². The molecule has 1 heterocycles. The minimum absolute atomic E-state index is 0.0339. The van der Waals surface area contributed by atoms with Gasteiger partial charge in [0.2, 0.25) is 0 Å². The Morgan fingerprint density at radius 3 is 2.44 bits per heavy atom. The fourth-order valence-electron chi connectivity index (χ4n) is 1.68. The third-order valence-electron chi connectivity index (χ3n) is 2.43. The summed E-state index contributed by atoms with van der Waals surface area (Å²) in [6.07, 6.45) is 2.55. The first-order valence-electron chi connectivity index (χ1n) is 5.07. The van der Waals surface area contributed by atoms with Crippen LogP contribution >= 0.6 is 23.2 Å². The second-order valence-corrected chi connectivity index (χ2v) is 4.51. The molecule has 2 aromatic rings. The fraction of sp³-hybridized carbons (Fsp3) is 0.0769. The van der Waals surface area contributed by atoms with Crippen molar-refractivity contribution in [2.24, 2.45) is 0 Å². The molecule has 0 aliphatic rings. The predicted molar refractivity (Wildman–Crippen MR) is 69.0 cm³/mol. The zero-order chi connectivity index (χ0) is 13.1. The van der Waals surface area contributed by atoms with Crippen LogP contribution in [-0.4, -0.2) is 4.98 Å². The van der Waals surface area contributed by atoms with Crippen LogP contribution in [0.1, 0.15) is 5.56 Å². The topological polar surface area (TPSA) is 36.7 Å². The summed E-state index contributed by atoms with van der Waals surface area (Å²) < 4.78 is 13.6. The van der Waals surface area contributed by atoms with Crippen LogP contribution in [-0.2, 0) is 6.42 Å². The quantitative estimate of drug-likeness (QED) is 0.824. The van der Waals surface area contributed by atoms with Gasteiger partial charge in [-0.05, 0) is 23.8 Å². The van der Waals surface area contributed by atoms with Crippen molar-refractivity contribution >= 4 is 23.2 Å². The van der Waals surface area contributed by atoms with Gasteiger partial charge in [0.15, 0.2) is 0 Å². The van der Waals surface area contributed by atoms with Crippen molar-refractivity contribution in [1.29, 1.82) is 5.26 Å². The Morgan fingerprint density at radius 2 is 1.83 bits per heavy atom. The van der Waals surface area contributed by atoms with Gasteiger partial charge in [-0.1, -0.05) is 23.2 Å². The molecule has 0 aliphatic carbocycles. The molecule has 2 rings (SSSR count). The molecule has 0 atom stereocenters. The van der Waals surface area contributed by atoms with Crippen LogP contribution in [0.4, 0.5) is 4.39 Å². The number of pyridine rings is 1. The van der Waals surface area contributed by atoms with E-state index in [1.54, 1.807) is 18.2 Å². The fourth-order valence-corrected chi connectivity index (χ4v) is 2.20. The van der Waals surface area contributed by atoms with E-state index in [2.05, 4.69) is 4.98 Å². The van der Waals surface area contributed by atoms with E-state index in [4.69, 9.17) is 28.5 Å². The third kappa shape index (κ3) is 2.61. The van der Waals surface area contributed by atoms with Crippen LogP contribution in [0.2, 0.25) is 10.0 Å². The summed E-state index contributed by atoms with van der Waals surface area (Å²) in [6.45, 7) is 0. The molecule has 0 N–H and O–H groups in total. The van der Waals surface area contributed by atoms with Gasteiger partial charge in [-0.25, -0.2) is 4.39 Å². The van der Waals surface area contributed by atoms with Gasteiger partial charge in [-0.15, -0.1) is 0 Å². The summed E-state index contributed by atoms with van der Waals surface area (Å²) in [6, 6.07) is 6.83. The monoisotopic (exact) mass is 280 g/mol. The maximum absolute atomic E-state index is 13.6. The van der Waals surface area contributed by atoms with Gasteiger partial charge in [0.1, 0.15) is 5.82 Å².